The molecule has 0 aliphatic heterocycles. The van der Waals surface area contributed by atoms with Crippen molar-refractivity contribution in [1.29, 1.82) is 0 Å². The van der Waals surface area contributed by atoms with Crippen LogP contribution in [0.4, 0.5) is 11.4 Å². The van der Waals surface area contributed by atoms with Gasteiger partial charge in [-0.05, 0) is 31.2 Å². The highest BCUT2D eigenvalue weighted by Crippen LogP contribution is 2.30. The van der Waals surface area contributed by atoms with Gasteiger partial charge in [-0.25, -0.2) is 0 Å². The molecular formula is C18H14N2O7. The number of ether oxygens (including phenoxy) is 1. The van der Waals surface area contributed by atoms with E-state index in [1.807, 2.05) is 0 Å². The van der Waals surface area contributed by atoms with E-state index < -0.39 is 16.3 Å². The molecule has 0 saturated carbocycles. The maximum Gasteiger partial charge on any atom is 0.296 e. The third-order valence-electron chi connectivity index (χ3n) is 3.96. The third kappa shape index (κ3) is 3.30. The van der Waals surface area contributed by atoms with E-state index in [1.54, 1.807) is 0 Å². The molecule has 9 nitrogen and oxygen atoms in total. The van der Waals surface area contributed by atoms with Crippen LogP contribution in [-0.4, -0.2) is 23.0 Å². The highest BCUT2D eigenvalue weighted by atomic mass is 16.6. The van der Waals surface area contributed by atoms with Gasteiger partial charge in [-0.2, -0.15) is 0 Å². The Morgan fingerprint density at radius 2 is 2.00 bits per heavy atom. The van der Waals surface area contributed by atoms with Crippen LogP contribution in [-0.2, 0) is 0 Å². The Morgan fingerprint density at radius 3 is 2.67 bits per heavy atom. The van der Waals surface area contributed by atoms with E-state index >= 15 is 0 Å². The molecule has 27 heavy (non-hydrogen) atoms. The lowest BCUT2D eigenvalue weighted by Gasteiger charge is -2.09. The number of methoxy groups -OCH3 is 1. The molecule has 2 N–H and O–H groups in total. The highest BCUT2D eigenvalue weighted by Gasteiger charge is 2.22. The van der Waals surface area contributed by atoms with Crippen molar-refractivity contribution in [3.05, 3.63) is 68.1 Å². The number of carbonyl (C=O) groups excluding carboxylic acids is 1. The van der Waals surface area contributed by atoms with Gasteiger partial charge in [0.05, 0.1) is 23.5 Å². The molecule has 9 heteroatoms. The lowest BCUT2D eigenvalue weighted by molar-refractivity contribution is -0.384. The molecule has 1 heterocycles. The van der Waals surface area contributed by atoms with E-state index in [9.17, 15) is 24.8 Å². The molecule has 138 valence electrons. The summed E-state index contributed by atoms with van der Waals surface area (Å²) >= 11 is 0. The molecule has 0 spiro atoms. The van der Waals surface area contributed by atoms with Crippen LogP contribution in [0.5, 0.6) is 11.5 Å². The summed E-state index contributed by atoms with van der Waals surface area (Å²) in [4.78, 5) is 35.6. The third-order valence-corrected chi connectivity index (χ3v) is 3.96. The zero-order chi connectivity index (χ0) is 19.7. The quantitative estimate of drug-likeness (QED) is 0.533. The summed E-state index contributed by atoms with van der Waals surface area (Å²) in [5.74, 6) is -1.01. The van der Waals surface area contributed by atoms with Crippen molar-refractivity contribution in [1.82, 2.24) is 0 Å². The van der Waals surface area contributed by atoms with Crippen molar-refractivity contribution < 1.29 is 24.0 Å². The van der Waals surface area contributed by atoms with Crippen LogP contribution in [0.2, 0.25) is 0 Å². The molecule has 0 unspecified atom stereocenters. The van der Waals surface area contributed by atoms with Crippen molar-refractivity contribution in [2.75, 3.05) is 12.4 Å². The van der Waals surface area contributed by atoms with Gasteiger partial charge in [0.1, 0.15) is 22.8 Å². The number of carbonyl (C=O) groups is 1. The van der Waals surface area contributed by atoms with Crippen LogP contribution >= 0.6 is 0 Å². The van der Waals surface area contributed by atoms with Gasteiger partial charge in [0.2, 0.25) is 0 Å². The zero-order valence-electron chi connectivity index (χ0n) is 14.3. The first-order chi connectivity index (χ1) is 12.8. The largest absolute Gasteiger partial charge is 0.508 e. The Balaban J connectivity index is 2.06. The van der Waals surface area contributed by atoms with E-state index in [4.69, 9.17) is 9.15 Å². The van der Waals surface area contributed by atoms with Gasteiger partial charge in [0.25, 0.3) is 11.6 Å². The van der Waals surface area contributed by atoms with Crippen molar-refractivity contribution in [3.8, 4) is 11.5 Å². The number of amides is 1. The van der Waals surface area contributed by atoms with Gasteiger partial charge >= 0.3 is 0 Å². The zero-order valence-corrected chi connectivity index (χ0v) is 14.3. The van der Waals surface area contributed by atoms with Gasteiger partial charge in [-0.15, -0.1) is 0 Å². The number of nitro groups is 1. The topological polar surface area (TPSA) is 132 Å². The van der Waals surface area contributed by atoms with Crippen molar-refractivity contribution in [2.24, 2.45) is 0 Å². The van der Waals surface area contributed by atoms with Crippen LogP contribution in [0.1, 0.15) is 16.1 Å². The average molecular weight is 370 g/mol. The number of aromatic hydroxyl groups is 1. The number of phenols is 1. The summed E-state index contributed by atoms with van der Waals surface area (Å²) in [6.45, 7) is 1.41. The number of hydrogen-bond acceptors (Lipinski definition) is 7. The van der Waals surface area contributed by atoms with Gasteiger partial charge in [0, 0.05) is 11.6 Å². The summed E-state index contributed by atoms with van der Waals surface area (Å²) in [5, 5.41) is 23.4. The summed E-state index contributed by atoms with van der Waals surface area (Å²) in [7, 11) is 1.36. The molecule has 1 amide bonds. The van der Waals surface area contributed by atoms with Crippen molar-refractivity contribution in [2.45, 2.75) is 6.92 Å². The number of rotatable bonds is 4. The molecule has 3 aromatic rings. The molecule has 0 aliphatic carbocycles. The number of fused-ring (bicyclic) bond motifs is 1. The summed E-state index contributed by atoms with van der Waals surface area (Å²) in [6, 6.07) is 7.86. The maximum atomic E-state index is 12.6. The fourth-order valence-corrected chi connectivity index (χ4v) is 2.57. The lowest BCUT2D eigenvalue weighted by Crippen LogP contribution is -2.19. The SMILES string of the molecule is COc1ccc(NC(=O)c2oc3cc(O)ccc3c(=O)c2C)c([N+](=O)[O-])c1. The first kappa shape index (κ1) is 17.9. The van der Waals surface area contributed by atoms with Gasteiger partial charge < -0.3 is 19.6 Å². The molecule has 0 atom stereocenters. The number of nitrogens with zero attached hydrogens (tertiary/aromatic N) is 1. The normalized spacial score (nSPS) is 10.6. The molecule has 0 saturated heterocycles. The van der Waals surface area contributed by atoms with E-state index in [0.29, 0.717) is 0 Å². The minimum atomic E-state index is -0.830. The Hall–Kier alpha value is -3.88. The van der Waals surface area contributed by atoms with E-state index in [-0.39, 0.29) is 45.2 Å². The van der Waals surface area contributed by atoms with Gasteiger partial charge in [0.15, 0.2) is 11.2 Å². The molecule has 0 fully saturated rings. The monoisotopic (exact) mass is 370 g/mol. The van der Waals surface area contributed by atoms with Crippen LogP contribution in [0, 0.1) is 17.0 Å². The molecule has 2 aromatic carbocycles. The lowest BCUT2D eigenvalue weighted by atomic mass is 10.1. The maximum absolute atomic E-state index is 12.6. The van der Waals surface area contributed by atoms with E-state index in [1.165, 1.54) is 44.4 Å². The van der Waals surface area contributed by atoms with E-state index in [0.717, 1.165) is 6.07 Å². The van der Waals surface area contributed by atoms with Gasteiger partial charge in [-0.1, -0.05) is 0 Å². The van der Waals surface area contributed by atoms with Crippen LogP contribution in [0.3, 0.4) is 0 Å². The smallest absolute Gasteiger partial charge is 0.296 e. The first-order valence-corrected chi connectivity index (χ1v) is 7.72. The predicted molar refractivity (Wildman–Crippen MR) is 96.5 cm³/mol. The fraction of sp³-hybridized carbons (Fsp3) is 0.111. The Morgan fingerprint density at radius 1 is 1.26 bits per heavy atom. The Bertz CT molecular complexity index is 1130. The van der Waals surface area contributed by atoms with E-state index in [2.05, 4.69) is 5.32 Å². The molecule has 3 rings (SSSR count). The minimum absolute atomic E-state index is 0.0278. The standard InChI is InChI=1S/C18H14N2O7/c1-9-16(22)12-5-3-10(21)7-15(12)27-17(9)18(23)19-13-6-4-11(26-2)8-14(13)20(24)25/h3-8,21H,1-2H3,(H,19,23). The second kappa shape index (κ2) is 6.79. The van der Waals surface area contributed by atoms with Crippen molar-refractivity contribution in [3.63, 3.8) is 0 Å². The second-order valence-corrected chi connectivity index (χ2v) is 5.66. The number of hydrogen-bond donors (Lipinski definition) is 2. The molecule has 1 aromatic heterocycles. The number of nitrogens with one attached hydrogen (secondary N) is 1. The van der Waals surface area contributed by atoms with Crippen LogP contribution < -0.4 is 15.5 Å². The second-order valence-electron chi connectivity index (χ2n) is 5.66. The summed E-state index contributed by atoms with van der Waals surface area (Å²) < 4.78 is 10.4. The summed E-state index contributed by atoms with van der Waals surface area (Å²) in [5.41, 5.74) is -0.822. The molecule has 0 bridgehead atoms. The first-order valence-electron chi connectivity index (χ1n) is 7.72. The van der Waals surface area contributed by atoms with Crippen LogP contribution in [0.15, 0.2) is 45.6 Å². The molecule has 0 radical (unpaired) electrons. The molecule has 0 aliphatic rings. The highest BCUT2D eigenvalue weighted by molar-refractivity contribution is 6.05. The van der Waals surface area contributed by atoms with Crippen molar-refractivity contribution >= 4 is 28.3 Å². The minimum Gasteiger partial charge on any atom is -0.508 e. The Labute approximate surface area is 152 Å². The Kier molecular flexibility index (Phi) is 4.51. The fourth-order valence-electron chi connectivity index (χ4n) is 2.57. The van der Waals surface area contributed by atoms with Crippen LogP contribution in [0.25, 0.3) is 11.0 Å². The molecular weight excluding hydrogens is 356 g/mol. The van der Waals surface area contributed by atoms with Gasteiger partial charge in [-0.3, -0.25) is 19.7 Å². The number of benzene rings is 2. The average Bonchev–Trinajstić information content (AvgIpc) is 2.64. The summed E-state index contributed by atoms with van der Waals surface area (Å²) in [6.07, 6.45) is 0. The number of phenolic OH excluding ortho intramolecular Hbond substituents is 1. The number of anilines is 1. The predicted octanol–water partition coefficient (Wildman–Crippen LogP) is 2.98. The number of nitro benzene ring substituents is 1.